The molecule has 0 amide bonds. The lowest BCUT2D eigenvalue weighted by molar-refractivity contribution is -0.264. The van der Waals surface area contributed by atoms with Gasteiger partial charge in [-0.2, -0.15) is 13.2 Å². The van der Waals surface area contributed by atoms with E-state index in [2.05, 4.69) is 0 Å². The monoisotopic (exact) mass is 225 g/mol. The maximum atomic E-state index is 12.2. The Kier molecular flexibility index (Phi) is 2.76. The highest BCUT2D eigenvalue weighted by molar-refractivity contribution is 6.30. The molecule has 0 saturated heterocycles. The van der Waals surface area contributed by atoms with Crippen molar-refractivity contribution < 1.29 is 18.3 Å². The Morgan fingerprint density at radius 3 is 1.93 bits per heavy atom. The Hall–Kier alpha value is -0.780. The number of aliphatic hydroxyl groups is 1. The molecule has 0 saturated carbocycles. The Morgan fingerprint density at radius 1 is 1.14 bits per heavy atom. The van der Waals surface area contributed by atoms with Gasteiger partial charge in [0.15, 0.2) is 0 Å². The van der Waals surface area contributed by atoms with Crippen LogP contribution in [0.4, 0.5) is 13.2 Å². The molecule has 1 aromatic carbocycles. The molecule has 1 atom stereocenters. The SMILES string of the molecule is NC(O)(c1ccc(Cl)cc1)C(F)(F)F. The predicted octanol–water partition coefficient (Wildman–Crippen LogP) is 2.01. The summed E-state index contributed by atoms with van der Waals surface area (Å²) in [7, 11) is 0. The van der Waals surface area contributed by atoms with Gasteiger partial charge in [0.05, 0.1) is 0 Å². The van der Waals surface area contributed by atoms with Crippen molar-refractivity contribution >= 4 is 11.6 Å². The van der Waals surface area contributed by atoms with Gasteiger partial charge in [0.2, 0.25) is 5.72 Å². The van der Waals surface area contributed by atoms with Crippen LogP contribution >= 0.6 is 11.6 Å². The third kappa shape index (κ3) is 2.00. The zero-order valence-electron chi connectivity index (χ0n) is 6.85. The largest absolute Gasteiger partial charge is 0.435 e. The minimum Gasteiger partial charge on any atom is -0.364 e. The summed E-state index contributed by atoms with van der Waals surface area (Å²) < 4.78 is 36.6. The first kappa shape index (κ1) is 11.3. The van der Waals surface area contributed by atoms with Crippen LogP contribution in [0.3, 0.4) is 0 Å². The average molecular weight is 226 g/mol. The van der Waals surface area contributed by atoms with E-state index in [1.165, 1.54) is 12.1 Å². The number of halogens is 4. The van der Waals surface area contributed by atoms with Crippen LogP contribution in [0.1, 0.15) is 5.56 Å². The van der Waals surface area contributed by atoms with Crippen molar-refractivity contribution in [1.82, 2.24) is 0 Å². The summed E-state index contributed by atoms with van der Waals surface area (Å²) >= 11 is 5.47. The third-order valence-electron chi connectivity index (χ3n) is 1.72. The highest BCUT2D eigenvalue weighted by Gasteiger charge is 2.52. The quantitative estimate of drug-likeness (QED) is 0.718. The van der Waals surface area contributed by atoms with Crippen LogP contribution in [0.25, 0.3) is 0 Å². The van der Waals surface area contributed by atoms with Crippen molar-refractivity contribution in [2.24, 2.45) is 5.73 Å². The summed E-state index contributed by atoms with van der Waals surface area (Å²) in [6, 6.07) is 4.49. The van der Waals surface area contributed by atoms with Crippen molar-refractivity contribution in [3.05, 3.63) is 34.9 Å². The van der Waals surface area contributed by atoms with Gasteiger partial charge in [-0.3, -0.25) is 5.73 Å². The minimum atomic E-state index is -4.92. The van der Waals surface area contributed by atoms with Gasteiger partial charge in [-0.1, -0.05) is 23.7 Å². The summed E-state index contributed by atoms with van der Waals surface area (Å²) in [4.78, 5) is 0. The van der Waals surface area contributed by atoms with Crippen molar-refractivity contribution in [2.75, 3.05) is 0 Å². The van der Waals surface area contributed by atoms with Crippen LogP contribution < -0.4 is 5.73 Å². The van der Waals surface area contributed by atoms with E-state index in [-0.39, 0.29) is 5.02 Å². The lowest BCUT2D eigenvalue weighted by Gasteiger charge is -2.26. The highest BCUT2D eigenvalue weighted by atomic mass is 35.5. The zero-order chi connectivity index (χ0) is 11.0. The maximum Gasteiger partial charge on any atom is 0.435 e. The first-order chi connectivity index (χ1) is 6.25. The van der Waals surface area contributed by atoms with Crippen LogP contribution in [-0.4, -0.2) is 11.3 Å². The van der Waals surface area contributed by atoms with E-state index in [4.69, 9.17) is 22.4 Å². The van der Waals surface area contributed by atoms with Crippen LogP contribution in [0.5, 0.6) is 0 Å². The molecule has 0 bridgehead atoms. The van der Waals surface area contributed by atoms with Gasteiger partial charge in [0, 0.05) is 10.6 Å². The summed E-state index contributed by atoms with van der Waals surface area (Å²) in [5.74, 6) is 0. The average Bonchev–Trinajstić information content (AvgIpc) is 2.03. The molecule has 1 unspecified atom stereocenters. The maximum absolute atomic E-state index is 12.2. The number of nitrogens with two attached hydrogens (primary N) is 1. The molecule has 0 aliphatic rings. The standard InChI is InChI=1S/C8H7ClF3NO/c9-6-3-1-5(2-4-6)7(13,14)8(10,11)12/h1-4,14H,13H2. The molecule has 0 spiro atoms. The highest BCUT2D eigenvalue weighted by Crippen LogP contribution is 2.34. The van der Waals surface area contributed by atoms with Crippen molar-refractivity contribution in [3.8, 4) is 0 Å². The minimum absolute atomic E-state index is 0.270. The molecule has 1 rings (SSSR count). The van der Waals surface area contributed by atoms with E-state index in [0.717, 1.165) is 12.1 Å². The van der Waals surface area contributed by atoms with Gasteiger partial charge >= 0.3 is 6.18 Å². The van der Waals surface area contributed by atoms with E-state index in [1.807, 2.05) is 0 Å². The molecule has 0 fully saturated rings. The summed E-state index contributed by atoms with van der Waals surface area (Å²) in [5, 5.41) is 9.29. The molecule has 6 heteroatoms. The fourth-order valence-corrected chi connectivity index (χ4v) is 0.994. The molecule has 0 aliphatic carbocycles. The zero-order valence-corrected chi connectivity index (χ0v) is 7.60. The number of hydrogen-bond acceptors (Lipinski definition) is 2. The Balaban J connectivity index is 3.10. The molecule has 78 valence electrons. The molecule has 0 aromatic heterocycles. The second kappa shape index (κ2) is 3.42. The van der Waals surface area contributed by atoms with E-state index in [1.54, 1.807) is 0 Å². The van der Waals surface area contributed by atoms with E-state index < -0.39 is 17.5 Å². The topological polar surface area (TPSA) is 46.2 Å². The first-order valence-corrected chi connectivity index (χ1v) is 3.97. The van der Waals surface area contributed by atoms with Crippen molar-refractivity contribution in [3.63, 3.8) is 0 Å². The molecule has 2 nitrogen and oxygen atoms in total. The molecule has 0 radical (unpaired) electrons. The molecule has 0 aliphatic heterocycles. The fourth-order valence-electron chi connectivity index (χ4n) is 0.868. The van der Waals surface area contributed by atoms with Crippen LogP contribution in [0.2, 0.25) is 5.02 Å². The molecular formula is C8H7ClF3NO. The fraction of sp³-hybridized carbons (Fsp3) is 0.250. The second-order valence-electron chi connectivity index (χ2n) is 2.77. The van der Waals surface area contributed by atoms with Gasteiger partial charge in [-0.25, -0.2) is 0 Å². The molecular weight excluding hydrogens is 219 g/mol. The molecule has 14 heavy (non-hydrogen) atoms. The van der Waals surface area contributed by atoms with E-state index in [0.29, 0.717) is 0 Å². The summed E-state index contributed by atoms with van der Waals surface area (Å²) in [6.07, 6.45) is -4.92. The summed E-state index contributed by atoms with van der Waals surface area (Å²) in [6.45, 7) is 0. The van der Waals surface area contributed by atoms with E-state index in [9.17, 15) is 13.2 Å². The van der Waals surface area contributed by atoms with Gasteiger partial charge in [0.25, 0.3) is 0 Å². The van der Waals surface area contributed by atoms with Crippen molar-refractivity contribution in [1.29, 1.82) is 0 Å². The predicted molar refractivity (Wildman–Crippen MR) is 45.6 cm³/mol. The van der Waals surface area contributed by atoms with Crippen LogP contribution in [0.15, 0.2) is 24.3 Å². The smallest absolute Gasteiger partial charge is 0.364 e. The van der Waals surface area contributed by atoms with Gasteiger partial charge in [-0.15, -0.1) is 0 Å². The van der Waals surface area contributed by atoms with Crippen LogP contribution in [-0.2, 0) is 5.72 Å². The Labute approximate surface area is 83.1 Å². The van der Waals surface area contributed by atoms with E-state index >= 15 is 0 Å². The van der Waals surface area contributed by atoms with Gasteiger partial charge < -0.3 is 5.11 Å². The third-order valence-corrected chi connectivity index (χ3v) is 1.97. The molecule has 0 heterocycles. The molecule has 1 aromatic rings. The number of hydrogen-bond donors (Lipinski definition) is 2. The number of benzene rings is 1. The Morgan fingerprint density at radius 2 is 1.57 bits per heavy atom. The lowest BCUT2D eigenvalue weighted by Crippen LogP contribution is -2.50. The number of alkyl halides is 3. The molecule has 3 N–H and O–H groups in total. The number of rotatable bonds is 1. The van der Waals surface area contributed by atoms with Crippen LogP contribution in [0, 0.1) is 0 Å². The lowest BCUT2D eigenvalue weighted by atomic mass is 10.0. The summed E-state index contributed by atoms with van der Waals surface area (Å²) in [5.41, 5.74) is 0.967. The second-order valence-corrected chi connectivity index (χ2v) is 3.21. The van der Waals surface area contributed by atoms with Gasteiger partial charge in [0.1, 0.15) is 0 Å². The van der Waals surface area contributed by atoms with Crippen molar-refractivity contribution in [2.45, 2.75) is 11.9 Å². The first-order valence-electron chi connectivity index (χ1n) is 3.59. The Bertz CT molecular complexity index is 320. The van der Waals surface area contributed by atoms with Gasteiger partial charge in [-0.05, 0) is 12.1 Å². The normalized spacial score (nSPS) is 16.4.